The number of ether oxygens (including phenoxy) is 3. The fourth-order valence-electron chi connectivity index (χ4n) is 8.33. The van der Waals surface area contributed by atoms with Crippen LogP contribution in [-0.2, 0) is 23.8 Å². The molecule has 0 bridgehead atoms. The summed E-state index contributed by atoms with van der Waals surface area (Å²) in [5.74, 6) is -0.423. The van der Waals surface area contributed by atoms with Gasteiger partial charge in [-0.3, -0.25) is 9.59 Å². The van der Waals surface area contributed by atoms with E-state index in [1.165, 1.54) is 186 Å². The van der Waals surface area contributed by atoms with Gasteiger partial charge < -0.3 is 14.2 Å². The van der Waals surface area contributed by atoms with E-state index in [1.807, 2.05) is 0 Å². The molecule has 0 saturated carbocycles. The van der Waals surface area contributed by atoms with Crippen LogP contribution < -0.4 is 0 Å². The van der Waals surface area contributed by atoms with Crippen molar-refractivity contribution in [3.05, 3.63) is 72.9 Å². The molecule has 0 aliphatic rings. The van der Waals surface area contributed by atoms with Gasteiger partial charge in [0.15, 0.2) is 6.10 Å². The SMILES string of the molecule is CC/C=C\C/C=C\C/C=C\C/C=C\CCCOCC(COC(=O)CCCCCCCCCCC/C=C\CCCCCCCC)OC(=O)CCCCCCCCCCC/C=C\CCCCCCCC. The number of carbonyl (C=O) groups excluding carboxylic acids is 2. The number of rotatable bonds is 54. The Morgan fingerprint density at radius 2 is 0.662 bits per heavy atom. The molecular weight excluding hydrogens is 837 g/mol. The van der Waals surface area contributed by atoms with Crippen molar-refractivity contribution in [2.75, 3.05) is 19.8 Å². The Balaban J connectivity index is 4.29. The van der Waals surface area contributed by atoms with E-state index in [2.05, 4.69) is 93.7 Å². The second-order valence-corrected chi connectivity index (χ2v) is 19.5. The number of hydrogen-bond donors (Lipinski definition) is 0. The van der Waals surface area contributed by atoms with Crippen molar-refractivity contribution in [2.24, 2.45) is 0 Å². The Kier molecular flexibility index (Phi) is 56.4. The second kappa shape index (κ2) is 58.7. The molecule has 0 amide bonds. The van der Waals surface area contributed by atoms with Crippen LogP contribution in [0.4, 0.5) is 0 Å². The molecule has 0 spiro atoms. The third kappa shape index (κ3) is 55.9. The highest BCUT2D eigenvalue weighted by Gasteiger charge is 2.17. The molecule has 0 aliphatic heterocycles. The van der Waals surface area contributed by atoms with Crippen LogP contribution >= 0.6 is 0 Å². The van der Waals surface area contributed by atoms with Gasteiger partial charge in [-0.1, -0.05) is 248 Å². The lowest BCUT2D eigenvalue weighted by Crippen LogP contribution is -2.30. The predicted molar refractivity (Wildman–Crippen MR) is 297 cm³/mol. The third-order valence-corrected chi connectivity index (χ3v) is 12.7. The molecule has 5 heteroatoms. The Morgan fingerprint density at radius 1 is 0.338 bits per heavy atom. The summed E-state index contributed by atoms with van der Waals surface area (Å²) in [5, 5.41) is 0. The zero-order valence-corrected chi connectivity index (χ0v) is 45.4. The highest BCUT2D eigenvalue weighted by molar-refractivity contribution is 5.70. The van der Waals surface area contributed by atoms with Crippen LogP contribution in [0.3, 0.4) is 0 Å². The largest absolute Gasteiger partial charge is 0.462 e. The Bertz CT molecular complexity index is 1210. The number of allylic oxidation sites excluding steroid dienone is 12. The molecule has 5 nitrogen and oxygen atoms in total. The topological polar surface area (TPSA) is 61.8 Å². The van der Waals surface area contributed by atoms with E-state index in [1.54, 1.807) is 0 Å². The van der Waals surface area contributed by atoms with Crippen LogP contribution in [0.1, 0.15) is 290 Å². The van der Waals surface area contributed by atoms with Gasteiger partial charge in [-0.15, -0.1) is 0 Å². The fourth-order valence-corrected chi connectivity index (χ4v) is 8.33. The van der Waals surface area contributed by atoms with Crippen molar-refractivity contribution in [3.63, 3.8) is 0 Å². The molecule has 394 valence electrons. The lowest BCUT2D eigenvalue weighted by molar-refractivity contribution is -0.163. The van der Waals surface area contributed by atoms with E-state index in [4.69, 9.17) is 14.2 Å². The molecule has 1 unspecified atom stereocenters. The molecule has 0 aromatic heterocycles. The van der Waals surface area contributed by atoms with Gasteiger partial charge in [0.2, 0.25) is 0 Å². The van der Waals surface area contributed by atoms with Crippen molar-refractivity contribution >= 4 is 11.9 Å². The van der Waals surface area contributed by atoms with Crippen molar-refractivity contribution < 1.29 is 23.8 Å². The highest BCUT2D eigenvalue weighted by Crippen LogP contribution is 2.15. The van der Waals surface area contributed by atoms with Gasteiger partial charge in [0.1, 0.15) is 6.61 Å². The Labute approximate surface area is 423 Å². The van der Waals surface area contributed by atoms with Crippen molar-refractivity contribution in [1.82, 2.24) is 0 Å². The number of esters is 2. The first-order valence-electron chi connectivity index (χ1n) is 29.5. The fraction of sp³-hybridized carbons (Fsp3) is 0.778. The maximum absolute atomic E-state index is 12.9. The van der Waals surface area contributed by atoms with Crippen LogP contribution in [0, 0.1) is 0 Å². The zero-order valence-electron chi connectivity index (χ0n) is 45.4. The molecule has 0 fully saturated rings. The number of unbranched alkanes of at least 4 members (excludes halogenated alkanes) is 31. The first-order chi connectivity index (χ1) is 33.6. The number of carbonyl (C=O) groups is 2. The van der Waals surface area contributed by atoms with Gasteiger partial charge in [0.05, 0.1) is 6.61 Å². The average molecular weight is 950 g/mol. The Morgan fingerprint density at radius 3 is 1.07 bits per heavy atom. The summed E-state index contributed by atoms with van der Waals surface area (Å²) >= 11 is 0. The molecule has 0 aromatic carbocycles. The van der Waals surface area contributed by atoms with E-state index in [0.717, 1.165) is 70.6 Å². The van der Waals surface area contributed by atoms with Crippen LogP contribution in [-0.4, -0.2) is 37.9 Å². The van der Waals surface area contributed by atoms with E-state index in [0.29, 0.717) is 19.4 Å². The lowest BCUT2D eigenvalue weighted by Gasteiger charge is -2.18. The summed E-state index contributed by atoms with van der Waals surface area (Å²) in [4.78, 5) is 25.5. The molecule has 0 heterocycles. The first-order valence-corrected chi connectivity index (χ1v) is 29.5. The molecule has 0 N–H and O–H groups in total. The molecule has 0 radical (unpaired) electrons. The maximum atomic E-state index is 12.9. The molecule has 0 rings (SSSR count). The smallest absolute Gasteiger partial charge is 0.306 e. The third-order valence-electron chi connectivity index (χ3n) is 12.7. The summed E-state index contributed by atoms with van der Waals surface area (Å²) in [6.07, 6.45) is 76.5. The molecule has 0 saturated heterocycles. The molecule has 0 aromatic rings. The van der Waals surface area contributed by atoms with Gasteiger partial charge in [-0.25, -0.2) is 0 Å². The normalized spacial score (nSPS) is 12.7. The van der Waals surface area contributed by atoms with Crippen molar-refractivity contribution in [2.45, 2.75) is 297 Å². The quantitative estimate of drug-likeness (QED) is 0.0345. The van der Waals surface area contributed by atoms with Crippen LogP contribution in [0.15, 0.2) is 72.9 Å². The summed E-state index contributed by atoms with van der Waals surface area (Å²) in [6, 6.07) is 0. The Hall–Kier alpha value is -2.66. The van der Waals surface area contributed by atoms with Gasteiger partial charge >= 0.3 is 11.9 Å². The second-order valence-electron chi connectivity index (χ2n) is 19.5. The van der Waals surface area contributed by atoms with Gasteiger partial charge in [-0.05, 0) is 103 Å². The van der Waals surface area contributed by atoms with Crippen molar-refractivity contribution in [3.8, 4) is 0 Å². The minimum Gasteiger partial charge on any atom is -0.462 e. The van der Waals surface area contributed by atoms with E-state index in [-0.39, 0.29) is 25.2 Å². The van der Waals surface area contributed by atoms with Crippen LogP contribution in [0.5, 0.6) is 0 Å². The molecule has 1 atom stereocenters. The molecule has 0 aliphatic carbocycles. The molecular formula is C63H112O5. The minimum absolute atomic E-state index is 0.0613. The summed E-state index contributed by atoms with van der Waals surface area (Å²) in [6.45, 7) is 7.60. The monoisotopic (exact) mass is 949 g/mol. The maximum Gasteiger partial charge on any atom is 0.306 e. The summed E-state index contributed by atoms with van der Waals surface area (Å²) in [5.41, 5.74) is 0. The lowest BCUT2D eigenvalue weighted by atomic mass is 10.1. The summed E-state index contributed by atoms with van der Waals surface area (Å²) in [7, 11) is 0. The van der Waals surface area contributed by atoms with Crippen LogP contribution in [0.25, 0.3) is 0 Å². The van der Waals surface area contributed by atoms with Gasteiger partial charge in [0, 0.05) is 19.4 Å². The predicted octanol–water partition coefficient (Wildman–Crippen LogP) is 20.2. The van der Waals surface area contributed by atoms with Gasteiger partial charge in [-0.2, -0.15) is 0 Å². The average Bonchev–Trinajstić information content (AvgIpc) is 3.34. The zero-order chi connectivity index (χ0) is 49.2. The van der Waals surface area contributed by atoms with Crippen LogP contribution in [0.2, 0.25) is 0 Å². The summed E-state index contributed by atoms with van der Waals surface area (Å²) < 4.78 is 17.4. The first kappa shape index (κ1) is 65.3. The van der Waals surface area contributed by atoms with E-state index >= 15 is 0 Å². The molecule has 68 heavy (non-hydrogen) atoms. The number of hydrogen-bond acceptors (Lipinski definition) is 5. The van der Waals surface area contributed by atoms with E-state index < -0.39 is 6.10 Å². The van der Waals surface area contributed by atoms with Gasteiger partial charge in [0.25, 0.3) is 0 Å². The van der Waals surface area contributed by atoms with Crippen molar-refractivity contribution in [1.29, 1.82) is 0 Å². The highest BCUT2D eigenvalue weighted by atomic mass is 16.6. The minimum atomic E-state index is -0.569. The standard InChI is InChI=1S/C63H112O5/c1-4-7-10-13-16-19-22-25-28-30-32-34-36-38-41-44-47-50-53-56-62(64)67-60-61(59-66-58-55-52-49-46-43-40-27-24-21-18-15-12-9-6-3)68-63(65)57-54-51-48-45-42-39-37-35-33-31-29-26-23-20-17-14-11-8-5-2/h9,12,18,21,25-29,40,46,49,61H,4-8,10-11,13-17,19-20,22-24,30-39,41-45,47-48,50-60H2,1-3H3/b12-9-,21-18-,28-25-,29-26-,40-27-,49-46-. The van der Waals surface area contributed by atoms with E-state index in [9.17, 15) is 9.59 Å².